The van der Waals surface area contributed by atoms with E-state index in [0.717, 1.165) is 18.5 Å². The predicted molar refractivity (Wildman–Crippen MR) is 96.4 cm³/mol. The van der Waals surface area contributed by atoms with Gasteiger partial charge in [0.25, 0.3) is 5.91 Å². The Bertz CT molecular complexity index is 923. The number of carbonyl (C=O) groups is 1. The van der Waals surface area contributed by atoms with Crippen molar-refractivity contribution in [3.63, 3.8) is 0 Å². The average Bonchev–Trinajstić information content (AvgIpc) is 3.36. The van der Waals surface area contributed by atoms with Crippen LogP contribution in [0.2, 0.25) is 0 Å². The first-order valence-corrected chi connectivity index (χ1v) is 9.25. The van der Waals surface area contributed by atoms with Crippen molar-refractivity contribution in [3.8, 4) is 0 Å². The van der Waals surface area contributed by atoms with Crippen molar-refractivity contribution in [2.24, 2.45) is 0 Å². The number of likely N-dealkylation sites (tertiary alicyclic amines) is 1. The highest BCUT2D eigenvalue weighted by Gasteiger charge is 2.34. The van der Waals surface area contributed by atoms with Crippen LogP contribution in [0, 0.1) is 13.8 Å². The van der Waals surface area contributed by atoms with E-state index in [-0.39, 0.29) is 11.9 Å². The summed E-state index contributed by atoms with van der Waals surface area (Å²) in [6, 6.07) is 5.66. The fourth-order valence-corrected chi connectivity index (χ4v) is 3.67. The first kappa shape index (κ1) is 16.6. The van der Waals surface area contributed by atoms with Gasteiger partial charge in [0.05, 0.1) is 17.4 Å². The molecule has 3 aromatic heterocycles. The Morgan fingerprint density at radius 1 is 1.35 bits per heavy atom. The van der Waals surface area contributed by atoms with Crippen LogP contribution < -0.4 is 5.32 Å². The Morgan fingerprint density at radius 3 is 2.96 bits per heavy atom. The molecule has 1 aliphatic heterocycles. The average molecular weight is 370 g/mol. The lowest BCUT2D eigenvalue weighted by Crippen LogP contribution is -2.31. The number of pyridine rings is 1. The van der Waals surface area contributed by atoms with Gasteiger partial charge in [-0.1, -0.05) is 17.4 Å². The molecule has 0 aliphatic carbocycles. The summed E-state index contributed by atoms with van der Waals surface area (Å²) in [6.07, 6.45) is 1.80. The van der Waals surface area contributed by atoms with E-state index in [4.69, 9.17) is 4.42 Å². The summed E-state index contributed by atoms with van der Waals surface area (Å²) in [6.45, 7) is 4.22. The van der Waals surface area contributed by atoms with Crippen LogP contribution >= 0.6 is 11.3 Å². The number of nitrogens with one attached hydrogen (secondary N) is 1. The van der Waals surface area contributed by atoms with Gasteiger partial charge in [0.15, 0.2) is 5.89 Å². The van der Waals surface area contributed by atoms with Crippen LogP contribution in [0.15, 0.2) is 28.1 Å². The zero-order valence-electron chi connectivity index (χ0n) is 14.5. The van der Waals surface area contributed by atoms with E-state index in [1.807, 2.05) is 23.1 Å². The highest BCUT2D eigenvalue weighted by molar-refractivity contribution is 7.13. The van der Waals surface area contributed by atoms with Gasteiger partial charge < -0.3 is 14.6 Å². The molecule has 4 rings (SSSR count). The fraction of sp³-hybridized carbons (Fsp3) is 0.353. The minimum atomic E-state index is -0.130. The van der Waals surface area contributed by atoms with Crippen LogP contribution in [0.5, 0.6) is 0 Å². The maximum absolute atomic E-state index is 12.9. The molecule has 0 radical (unpaired) electrons. The number of carbonyl (C=O) groups excluding carboxylic acids is 1. The van der Waals surface area contributed by atoms with Crippen molar-refractivity contribution in [3.05, 3.63) is 46.7 Å². The van der Waals surface area contributed by atoms with E-state index in [9.17, 15) is 4.79 Å². The van der Waals surface area contributed by atoms with E-state index in [1.54, 1.807) is 19.4 Å². The molecule has 9 heteroatoms. The fourth-order valence-electron chi connectivity index (χ4n) is 3.22. The standard InChI is InChI=1S/C17H18N6O2S/c1-10-15(25-11(2)19-10)16(24)23-8-4-6-13(23)12-5-3-7-14(20-12)21-17-22-18-9-26-17/h3,5,7,9,13H,4,6,8H2,1-2H3,(H,20,21,22)/t13-/m0/s1. The number of rotatable bonds is 4. The van der Waals surface area contributed by atoms with Crippen molar-refractivity contribution >= 4 is 28.2 Å². The molecule has 1 saturated heterocycles. The SMILES string of the molecule is Cc1nc(C)c(C(=O)N2CCC[C@H]2c2cccc(Nc3nncs3)n2)o1. The molecule has 1 atom stereocenters. The molecule has 0 bridgehead atoms. The lowest BCUT2D eigenvalue weighted by molar-refractivity contribution is 0.0698. The molecular formula is C17H18N6O2S. The van der Waals surface area contributed by atoms with Gasteiger partial charge in [-0.25, -0.2) is 9.97 Å². The number of oxazole rings is 1. The molecule has 1 fully saturated rings. The van der Waals surface area contributed by atoms with Crippen LogP contribution in [0.25, 0.3) is 0 Å². The molecule has 0 aromatic carbocycles. The Kier molecular flexibility index (Phi) is 4.37. The van der Waals surface area contributed by atoms with E-state index >= 15 is 0 Å². The molecule has 3 aromatic rings. The van der Waals surface area contributed by atoms with Crippen LogP contribution in [0.1, 0.15) is 46.7 Å². The molecule has 0 spiro atoms. The number of aryl methyl sites for hydroxylation is 2. The molecular weight excluding hydrogens is 352 g/mol. The molecule has 1 amide bonds. The van der Waals surface area contributed by atoms with Gasteiger partial charge in [0, 0.05) is 13.5 Å². The third-order valence-electron chi connectivity index (χ3n) is 4.32. The second-order valence-electron chi connectivity index (χ2n) is 6.12. The Labute approximate surface area is 154 Å². The summed E-state index contributed by atoms with van der Waals surface area (Å²) >= 11 is 1.41. The quantitative estimate of drug-likeness (QED) is 0.753. The number of nitrogens with zero attached hydrogens (tertiary/aromatic N) is 5. The lowest BCUT2D eigenvalue weighted by atomic mass is 10.1. The van der Waals surface area contributed by atoms with Crippen molar-refractivity contribution in [2.75, 3.05) is 11.9 Å². The Morgan fingerprint density at radius 2 is 2.23 bits per heavy atom. The number of amides is 1. The summed E-state index contributed by atoms with van der Waals surface area (Å²) in [7, 11) is 0. The molecule has 8 nitrogen and oxygen atoms in total. The zero-order chi connectivity index (χ0) is 18.1. The predicted octanol–water partition coefficient (Wildman–Crippen LogP) is 3.26. The molecule has 1 N–H and O–H groups in total. The molecule has 1 aliphatic rings. The molecule has 26 heavy (non-hydrogen) atoms. The topological polar surface area (TPSA) is 97.0 Å². The molecule has 134 valence electrons. The van der Waals surface area contributed by atoms with Crippen LogP contribution in [0.3, 0.4) is 0 Å². The first-order valence-electron chi connectivity index (χ1n) is 8.37. The highest BCUT2D eigenvalue weighted by Crippen LogP contribution is 2.33. The van der Waals surface area contributed by atoms with Crippen LogP contribution in [-0.2, 0) is 0 Å². The molecule has 0 saturated carbocycles. The second-order valence-corrected chi connectivity index (χ2v) is 6.95. The Balaban J connectivity index is 1.58. The van der Waals surface area contributed by atoms with E-state index in [1.165, 1.54) is 11.3 Å². The molecule has 4 heterocycles. The maximum Gasteiger partial charge on any atom is 0.292 e. The summed E-state index contributed by atoms with van der Waals surface area (Å²) in [5, 5.41) is 11.6. The largest absolute Gasteiger partial charge is 0.436 e. The van der Waals surface area contributed by atoms with Crippen molar-refractivity contribution in [2.45, 2.75) is 32.7 Å². The smallest absolute Gasteiger partial charge is 0.292 e. The second kappa shape index (κ2) is 6.83. The summed E-state index contributed by atoms with van der Waals surface area (Å²) in [4.78, 5) is 23.6. The van der Waals surface area contributed by atoms with Crippen LogP contribution in [-0.4, -0.2) is 37.5 Å². The maximum atomic E-state index is 12.9. The molecule has 0 unspecified atom stereocenters. The van der Waals surface area contributed by atoms with Gasteiger partial charge in [-0.2, -0.15) is 0 Å². The van der Waals surface area contributed by atoms with Gasteiger partial charge in [-0.05, 0) is 31.9 Å². The third-order valence-corrected chi connectivity index (χ3v) is 4.93. The van der Waals surface area contributed by atoms with Crippen LogP contribution in [0.4, 0.5) is 10.9 Å². The lowest BCUT2D eigenvalue weighted by Gasteiger charge is -2.23. The van der Waals surface area contributed by atoms with Gasteiger partial charge in [0.2, 0.25) is 10.9 Å². The minimum absolute atomic E-state index is 0.0801. The monoisotopic (exact) mass is 370 g/mol. The number of hydrogen-bond acceptors (Lipinski definition) is 8. The number of hydrogen-bond donors (Lipinski definition) is 1. The third kappa shape index (κ3) is 3.17. The van der Waals surface area contributed by atoms with E-state index < -0.39 is 0 Å². The van der Waals surface area contributed by atoms with Gasteiger partial charge in [-0.15, -0.1) is 10.2 Å². The summed E-state index contributed by atoms with van der Waals surface area (Å²) in [5.74, 6) is 1.38. The highest BCUT2D eigenvalue weighted by atomic mass is 32.1. The summed E-state index contributed by atoms with van der Waals surface area (Å²) < 4.78 is 5.52. The van der Waals surface area contributed by atoms with E-state index in [0.29, 0.717) is 34.8 Å². The van der Waals surface area contributed by atoms with Crippen molar-refractivity contribution < 1.29 is 9.21 Å². The first-order chi connectivity index (χ1) is 12.6. The number of anilines is 2. The Hall–Kier alpha value is -2.81. The normalized spacial score (nSPS) is 16.8. The van der Waals surface area contributed by atoms with Crippen molar-refractivity contribution in [1.82, 2.24) is 25.1 Å². The zero-order valence-corrected chi connectivity index (χ0v) is 15.3. The minimum Gasteiger partial charge on any atom is -0.436 e. The van der Waals surface area contributed by atoms with Crippen molar-refractivity contribution in [1.29, 1.82) is 0 Å². The number of aromatic nitrogens is 4. The van der Waals surface area contributed by atoms with Gasteiger partial charge in [0.1, 0.15) is 11.3 Å². The summed E-state index contributed by atoms with van der Waals surface area (Å²) in [5.41, 5.74) is 3.13. The van der Waals surface area contributed by atoms with Gasteiger partial charge in [-0.3, -0.25) is 4.79 Å². The van der Waals surface area contributed by atoms with Gasteiger partial charge >= 0.3 is 0 Å². The van der Waals surface area contributed by atoms with E-state index in [2.05, 4.69) is 25.5 Å².